The maximum absolute atomic E-state index is 10.9. The van der Waals surface area contributed by atoms with Gasteiger partial charge in [-0.25, -0.2) is 0 Å². The topological polar surface area (TPSA) is 40.5 Å². The highest BCUT2D eigenvalue weighted by Crippen LogP contribution is 2.36. The summed E-state index contributed by atoms with van der Waals surface area (Å²) in [5, 5.41) is 9.00. The molecule has 2 rings (SSSR count). The third kappa shape index (κ3) is 1.46. The zero-order valence-corrected chi connectivity index (χ0v) is 7.20. The van der Waals surface area contributed by atoms with Gasteiger partial charge >= 0.3 is 5.97 Å². The van der Waals surface area contributed by atoms with Crippen LogP contribution in [-0.4, -0.2) is 35.1 Å². The Morgan fingerprint density at radius 2 is 1.92 bits per heavy atom. The van der Waals surface area contributed by atoms with Crippen LogP contribution in [0, 0.1) is 5.92 Å². The molecule has 1 aliphatic heterocycles. The van der Waals surface area contributed by atoms with Gasteiger partial charge in [0.05, 0.1) is 0 Å². The van der Waals surface area contributed by atoms with E-state index in [2.05, 4.69) is 4.90 Å². The SMILES string of the molecule is O=C(O)[C@H](C1CC1)N1CCCC1. The molecular formula is C9H15NO2. The number of carboxylic acid groups (broad SMARTS) is 1. The largest absolute Gasteiger partial charge is 0.480 e. The fourth-order valence-electron chi connectivity index (χ4n) is 2.09. The zero-order chi connectivity index (χ0) is 8.55. The van der Waals surface area contributed by atoms with Crippen molar-refractivity contribution in [1.29, 1.82) is 0 Å². The second kappa shape index (κ2) is 3.05. The molecule has 2 aliphatic rings. The Hall–Kier alpha value is -0.570. The smallest absolute Gasteiger partial charge is 0.321 e. The monoisotopic (exact) mass is 169 g/mol. The van der Waals surface area contributed by atoms with E-state index >= 15 is 0 Å². The van der Waals surface area contributed by atoms with Crippen LogP contribution in [0.4, 0.5) is 0 Å². The zero-order valence-electron chi connectivity index (χ0n) is 7.20. The van der Waals surface area contributed by atoms with Crippen LogP contribution in [0.5, 0.6) is 0 Å². The van der Waals surface area contributed by atoms with Crippen LogP contribution in [0.1, 0.15) is 25.7 Å². The van der Waals surface area contributed by atoms with Crippen LogP contribution < -0.4 is 0 Å². The summed E-state index contributed by atoms with van der Waals surface area (Å²) in [5.41, 5.74) is 0. The second-order valence-corrected chi connectivity index (χ2v) is 3.86. The van der Waals surface area contributed by atoms with E-state index < -0.39 is 5.97 Å². The summed E-state index contributed by atoms with van der Waals surface area (Å²) >= 11 is 0. The maximum atomic E-state index is 10.9. The highest BCUT2D eigenvalue weighted by Gasteiger charge is 2.40. The molecule has 0 radical (unpaired) electrons. The summed E-state index contributed by atoms with van der Waals surface area (Å²) in [7, 11) is 0. The van der Waals surface area contributed by atoms with Gasteiger partial charge in [-0.15, -0.1) is 0 Å². The molecule has 1 heterocycles. The lowest BCUT2D eigenvalue weighted by Gasteiger charge is -2.22. The minimum Gasteiger partial charge on any atom is -0.480 e. The molecule has 0 unspecified atom stereocenters. The molecule has 0 aromatic heterocycles. The van der Waals surface area contributed by atoms with Gasteiger partial charge in [-0.05, 0) is 44.7 Å². The van der Waals surface area contributed by atoms with E-state index in [1.54, 1.807) is 0 Å². The van der Waals surface area contributed by atoms with Crippen LogP contribution >= 0.6 is 0 Å². The molecule has 1 aliphatic carbocycles. The van der Waals surface area contributed by atoms with Gasteiger partial charge in [0.15, 0.2) is 0 Å². The summed E-state index contributed by atoms with van der Waals surface area (Å²) in [6.45, 7) is 1.99. The molecule has 1 saturated heterocycles. The summed E-state index contributed by atoms with van der Waals surface area (Å²) in [4.78, 5) is 13.1. The predicted molar refractivity (Wildman–Crippen MR) is 45.0 cm³/mol. The van der Waals surface area contributed by atoms with E-state index in [0.29, 0.717) is 5.92 Å². The number of carboxylic acids is 1. The Balaban J connectivity index is 1.99. The fourth-order valence-corrected chi connectivity index (χ4v) is 2.09. The van der Waals surface area contributed by atoms with Crippen molar-refractivity contribution in [2.24, 2.45) is 5.92 Å². The molecule has 2 fully saturated rings. The quantitative estimate of drug-likeness (QED) is 0.683. The van der Waals surface area contributed by atoms with E-state index in [-0.39, 0.29) is 6.04 Å². The lowest BCUT2D eigenvalue weighted by atomic mass is 10.1. The van der Waals surface area contributed by atoms with Crippen molar-refractivity contribution in [3.8, 4) is 0 Å². The van der Waals surface area contributed by atoms with Crippen LogP contribution in [0.15, 0.2) is 0 Å². The van der Waals surface area contributed by atoms with Gasteiger partial charge in [0.25, 0.3) is 0 Å². The van der Waals surface area contributed by atoms with Crippen molar-refractivity contribution in [2.45, 2.75) is 31.7 Å². The Labute approximate surface area is 72.4 Å². The first-order valence-corrected chi connectivity index (χ1v) is 4.76. The molecule has 68 valence electrons. The highest BCUT2D eigenvalue weighted by molar-refractivity contribution is 5.74. The van der Waals surface area contributed by atoms with Crippen LogP contribution in [0.3, 0.4) is 0 Å². The standard InChI is InChI=1S/C9H15NO2/c11-9(12)8(7-3-4-7)10-5-1-2-6-10/h7-8H,1-6H2,(H,11,12)/t8-/m0/s1. The molecule has 0 aromatic carbocycles. The molecule has 1 atom stereocenters. The van der Waals surface area contributed by atoms with E-state index in [1.165, 1.54) is 12.8 Å². The van der Waals surface area contributed by atoms with Crippen LogP contribution in [0.25, 0.3) is 0 Å². The summed E-state index contributed by atoms with van der Waals surface area (Å²) in [6.07, 6.45) is 4.59. The van der Waals surface area contributed by atoms with Crippen molar-refractivity contribution in [2.75, 3.05) is 13.1 Å². The van der Waals surface area contributed by atoms with Gasteiger partial charge in [-0.2, -0.15) is 0 Å². The van der Waals surface area contributed by atoms with Crippen molar-refractivity contribution >= 4 is 5.97 Å². The number of nitrogens with zero attached hydrogens (tertiary/aromatic N) is 1. The Bertz CT molecular complexity index is 183. The summed E-state index contributed by atoms with van der Waals surface area (Å²) in [6, 6.07) is -0.160. The predicted octanol–water partition coefficient (Wildman–Crippen LogP) is 0.945. The molecule has 0 spiro atoms. The van der Waals surface area contributed by atoms with E-state index in [9.17, 15) is 4.79 Å². The lowest BCUT2D eigenvalue weighted by Crippen LogP contribution is -2.40. The number of likely N-dealkylation sites (tertiary alicyclic amines) is 1. The third-order valence-corrected chi connectivity index (χ3v) is 2.86. The van der Waals surface area contributed by atoms with E-state index in [0.717, 1.165) is 25.9 Å². The number of rotatable bonds is 3. The Morgan fingerprint density at radius 1 is 1.33 bits per heavy atom. The second-order valence-electron chi connectivity index (χ2n) is 3.86. The maximum Gasteiger partial charge on any atom is 0.321 e. The molecule has 0 aromatic rings. The van der Waals surface area contributed by atoms with Crippen molar-refractivity contribution in [3.63, 3.8) is 0 Å². The average Bonchev–Trinajstić information content (AvgIpc) is 2.65. The minimum absolute atomic E-state index is 0.160. The average molecular weight is 169 g/mol. The van der Waals surface area contributed by atoms with Gasteiger partial charge in [0.2, 0.25) is 0 Å². The third-order valence-electron chi connectivity index (χ3n) is 2.86. The van der Waals surface area contributed by atoms with E-state index in [1.807, 2.05) is 0 Å². The molecular weight excluding hydrogens is 154 g/mol. The van der Waals surface area contributed by atoms with Crippen LogP contribution in [0.2, 0.25) is 0 Å². The number of aliphatic carboxylic acids is 1. The first-order valence-electron chi connectivity index (χ1n) is 4.76. The first-order chi connectivity index (χ1) is 5.79. The summed E-state index contributed by atoms with van der Waals surface area (Å²) < 4.78 is 0. The Morgan fingerprint density at radius 3 is 2.33 bits per heavy atom. The van der Waals surface area contributed by atoms with Gasteiger partial charge < -0.3 is 5.11 Å². The minimum atomic E-state index is -0.612. The van der Waals surface area contributed by atoms with E-state index in [4.69, 9.17) is 5.11 Å². The van der Waals surface area contributed by atoms with Gasteiger partial charge in [0.1, 0.15) is 6.04 Å². The molecule has 1 saturated carbocycles. The highest BCUT2D eigenvalue weighted by atomic mass is 16.4. The molecule has 3 nitrogen and oxygen atoms in total. The van der Waals surface area contributed by atoms with Crippen molar-refractivity contribution in [1.82, 2.24) is 4.90 Å². The normalized spacial score (nSPS) is 27.3. The Kier molecular flexibility index (Phi) is 2.05. The molecule has 0 amide bonds. The van der Waals surface area contributed by atoms with Gasteiger partial charge in [-0.1, -0.05) is 0 Å². The number of hydrogen-bond donors (Lipinski definition) is 1. The fraction of sp³-hybridized carbons (Fsp3) is 0.889. The number of hydrogen-bond acceptors (Lipinski definition) is 2. The molecule has 3 heteroatoms. The van der Waals surface area contributed by atoms with Gasteiger partial charge in [0, 0.05) is 0 Å². The number of carbonyl (C=O) groups is 1. The first kappa shape index (κ1) is 8.05. The van der Waals surface area contributed by atoms with Gasteiger partial charge in [-0.3, -0.25) is 9.69 Å². The summed E-state index contributed by atoms with van der Waals surface area (Å²) in [5.74, 6) is -0.153. The molecule has 12 heavy (non-hydrogen) atoms. The molecule has 0 bridgehead atoms. The van der Waals surface area contributed by atoms with Crippen LogP contribution in [-0.2, 0) is 4.79 Å². The molecule has 1 N–H and O–H groups in total. The lowest BCUT2D eigenvalue weighted by molar-refractivity contribution is -0.143. The van der Waals surface area contributed by atoms with Crippen molar-refractivity contribution < 1.29 is 9.90 Å². The van der Waals surface area contributed by atoms with Crippen molar-refractivity contribution in [3.05, 3.63) is 0 Å².